The zero-order valence-electron chi connectivity index (χ0n) is 19.8. The van der Waals surface area contributed by atoms with E-state index in [0.717, 1.165) is 23.8 Å². The Morgan fingerprint density at radius 3 is 2.27 bits per heavy atom. The number of aliphatic hydroxyl groups excluding tert-OH is 1. The Morgan fingerprint density at radius 2 is 1.70 bits per heavy atom. The molecule has 9 heteroatoms. The number of likely N-dealkylation sites (N-methyl/N-ethyl adjacent to an activating group) is 1. The summed E-state index contributed by atoms with van der Waals surface area (Å²) in [5.41, 5.74) is 1.18. The van der Waals surface area contributed by atoms with E-state index in [9.17, 15) is 22.3 Å². The number of ether oxygens (including phenoxy) is 1. The van der Waals surface area contributed by atoms with Crippen molar-refractivity contribution >= 4 is 10.0 Å². The predicted octanol–water partition coefficient (Wildman–Crippen LogP) is 3.43. The van der Waals surface area contributed by atoms with Crippen LogP contribution in [0.5, 0.6) is 0 Å². The van der Waals surface area contributed by atoms with Gasteiger partial charge >= 0.3 is 0 Å². The molecule has 0 heterocycles. The van der Waals surface area contributed by atoms with E-state index < -0.39 is 27.7 Å². The quantitative estimate of drug-likeness (QED) is 0.500. The first-order valence-electron chi connectivity index (χ1n) is 10.8. The van der Waals surface area contributed by atoms with Crippen LogP contribution in [0.3, 0.4) is 0 Å². The molecular weight excluding hydrogens is 450 g/mol. The average molecular weight is 485 g/mol. The lowest BCUT2D eigenvalue weighted by Gasteiger charge is -2.34. The highest BCUT2D eigenvalue weighted by Crippen LogP contribution is 2.23. The van der Waals surface area contributed by atoms with E-state index in [1.54, 1.807) is 43.1 Å². The van der Waals surface area contributed by atoms with Gasteiger partial charge in [-0.15, -0.1) is 0 Å². The molecule has 2 aromatic rings. The molecule has 33 heavy (non-hydrogen) atoms. The van der Waals surface area contributed by atoms with Crippen molar-refractivity contribution in [2.24, 2.45) is 5.92 Å². The molecule has 2 rings (SSSR count). The summed E-state index contributed by atoms with van der Waals surface area (Å²) in [6.07, 6.45) is -0.381. The normalized spacial score (nSPS) is 15.1. The summed E-state index contributed by atoms with van der Waals surface area (Å²) in [5, 5.41) is 9.71. The number of aryl methyl sites for hydroxylation is 1. The number of methoxy groups -OCH3 is 1. The number of sulfonamides is 1. The number of hydrogen-bond acceptors (Lipinski definition) is 5. The zero-order valence-corrected chi connectivity index (χ0v) is 20.6. The SMILES string of the molecule is CO[C@@H](CN(C)Cc1cc(F)ccc1F)[C@@H](C)CN([C@@H](C)CO)S(=O)(=O)c1ccc(C)cc1. The molecule has 2 aromatic carbocycles. The monoisotopic (exact) mass is 484 g/mol. The van der Waals surface area contributed by atoms with Gasteiger partial charge < -0.3 is 9.84 Å². The largest absolute Gasteiger partial charge is 0.395 e. The van der Waals surface area contributed by atoms with Gasteiger partial charge in [-0.1, -0.05) is 24.6 Å². The van der Waals surface area contributed by atoms with E-state index in [1.807, 2.05) is 13.8 Å². The summed E-state index contributed by atoms with van der Waals surface area (Å²) < 4.78 is 61.0. The lowest BCUT2D eigenvalue weighted by atomic mass is 10.0. The van der Waals surface area contributed by atoms with Gasteiger partial charge in [0.05, 0.1) is 17.6 Å². The molecule has 0 unspecified atom stereocenters. The lowest BCUT2D eigenvalue weighted by Crippen LogP contribution is -2.46. The van der Waals surface area contributed by atoms with Crippen LogP contribution < -0.4 is 0 Å². The average Bonchev–Trinajstić information content (AvgIpc) is 2.77. The third-order valence-corrected chi connectivity index (χ3v) is 7.72. The van der Waals surface area contributed by atoms with E-state index in [0.29, 0.717) is 6.54 Å². The van der Waals surface area contributed by atoms with Crippen molar-refractivity contribution in [3.8, 4) is 0 Å². The molecule has 0 aliphatic carbocycles. The van der Waals surface area contributed by atoms with Gasteiger partial charge in [0, 0.05) is 38.3 Å². The van der Waals surface area contributed by atoms with E-state index in [-0.39, 0.29) is 42.2 Å². The van der Waals surface area contributed by atoms with Gasteiger partial charge in [0.15, 0.2) is 0 Å². The van der Waals surface area contributed by atoms with Crippen LogP contribution >= 0.6 is 0 Å². The highest BCUT2D eigenvalue weighted by Gasteiger charge is 2.32. The second-order valence-corrected chi connectivity index (χ2v) is 10.5. The van der Waals surface area contributed by atoms with Gasteiger partial charge in [-0.05, 0) is 57.1 Å². The highest BCUT2D eigenvalue weighted by atomic mass is 32.2. The number of hydrogen-bond donors (Lipinski definition) is 1. The molecule has 0 aliphatic rings. The molecule has 0 radical (unpaired) electrons. The number of aliphatic hydroxyl groups is 1. The molecular formula is C24H34F2N2O4S. The first-order chi connectivity index (χ1) is 15.5. The van der Waals surface area contributed by atoms with Crippen LogP contribution in [-0.2, 0) is 21.3 Å². The molecule has 0 amide bonds. The third-order valence-electron chi connectivity index (χ3n) is 5.73. The molecule has 0 aliphatic heterocycles. The Kier molecular flexibility index (Phi) is 9.93. The van der Waals surface area contributed by atoms with Crippen molar-refractivity contribution < 1.29 is 27.0 Å². The van der Waals surface area contributed by atoms with Crippen LogP contribution in [0.2, 0.25) is 0 Å². The van der Waals surface area contributed by atoms with Crippen LogP contribution in [0.15, 0.2) is 47.4 Å². The third kappa shape index (κ3) is 7.28. The Balaban J connectivity index is 2.16. The van der Waals surface area contributed by atoms with Crippen molar-refractivity contribution in [3.63, 3.8) is 0 Å². The number of nitrogens with zero attached hydrogens (tertiary/aromatic N) is 2. The zero-order chi connectivity index (χ0) is 24.8. The predicted molar refractivity (Wildman–Crippen MR) is 124 cm³/mol. The number of halogens is 2. The summed E-state index contributed by atoms with van der Waals surface area (Å²) in [5.74, 6) is -1.24. The Labute approximate surface area is 195 Å². The fourth-order valence-electron chi connectivity index (χ4n) is 3.67. The van der Waals surface area contributed by atoms with Gasteiger partial charge in [0.2, 0.25) is 10.0 Å². The van der Waals surface area contributed by atoms with E-state index in [1.165, 1.54) is 11.4 Å². The summed E-state index contributed by atoms with van der Waals surface area (Å²) >= 11 is 0. The van der Waals surface area contributed by atoms with Gasteiger partial charge in [-0.2, -0.15) is 4.31 Å². The fraction of sp³-hybridized carbons (Fsp3) is 0.500. The first kappa shape index (κ1) is 27.3. The molecule has 3 atom stereocenters. The highest BCUT2D eigenvalue weighted by molar-refractivity contribution is 7.89. The topological polar surface area (TPSA) is 70.1 Å². The van der Waals surface area contributed by atoms with Crippen molar-refractivity contribution in [2.75, 3.05) is 33.9 Å². The molecule has 0 bridgehead atoms. The van der Waals surface area contributed by atoms with Crippen LogP contribution in [0.1, 0.15) is 25.0 Å². The molecule has 1 N–H and O–H groups in total. The molecule has 0 fully saturated rings. The van der Waals surface area contributed by atoms with Crippen molar-refractivity contribution in [3.05, 3.63) is 65.2 Å². The van der Waals surface area contributed by atoms with Crippen molar-refractivity contribution in [1.29, 1.82) is 0 Å². The second kappa shape index (κ2) is 12.0. The molecule has 0 saturated heterocycles. The van der Waals surface area contributed by atoms with Crippen LogP contribution in [-0.4, -0.2) is 68.7 Å². The molecule has 184 valence electrons. The van der Waals surface area contributed by atoms with E-state index in [4.69, 9.17) is 4.74 Å². The summed E-state index contributed by atoms with van der Waals surface area (Å²) in [4.78, 5) is 1.96. The maximum Gasteiger partial charge on any atom is 0.243 e. The summed E-state index contributed by atoms with van der Waals surface area (Å²) in [6, 6.07) is 9.28. The van der Waals surface area contributed by atoms with Crippen LogP contribution in [0.25, 0.3) is 0 Å². The van der Waals surface area contributed by atoms with Crippen molar-refractivity contribution in [2.45, 2.75) is 44.4 Å². The maximum atomic E-state index is 14.0. The smallest absolute Gasteiger partial charge is 0.243 e. The molecule has 0 aromatic heterocycles. The van der Waals surface area contributed by atoms with E-state index >= 15 is 0 Å². The van der Waals surface area contributed by atoms with Crippen LogP contribution in [0, 0.1) is 24.5 Å². The maximum absolute atomic E-state index is 14.0. The Morgan fingerprint density at radius 1 is 1.06 bits per heavy atom. The number of benzene rings is 2. The van der Waals surface area contributed by atoms with E-state index in [2.05, 4.69) is 0 Å². The molecule has 0 spiro atoms. The molecule has 0 saturated carbocycles. The second-order valence-electron chi connectivity index (χ2n) is 8.60. The van der Waals surface area contributed by atoms with Crippen molar-refractivity contribution in [1.82, 2.24) is 9.21 Å². The minimum Gasteiger partial charge on any atom is -0.395 e. The Bertz CT molecular complexity index is 1000. The summed E-state index contributed by atoms with van der Waals surface area (Å²) in [6.45, 7) is 5.74. The minimum atomic E-state index is -3.84. The van der Waals surface area contributed by atoms with Gasteiger partial charge in [0.1, 0.15) is 11.6 Å². The Hall–Kier alpha value is -1.91. The van der Waals surface area contributed by atoms with Gasteiger partial charge in [-0.3, -0.25) is 4.90 Å². The first-order valence-corrected chi connectivity index (χ1v) is 12.3. The van der Waals surface area contributed by atoms with Gasteiger partial charge in [-0.25, -0.2) is 17.2 Å². The van der Waals surface area contributed by atoms with Gasteiger partial charge in [0.25, 0.3) is 0 Å². The minimum absolute atomic E-state index is 0.124. The molecule has 6 nitrogen and oxygen atoms in total. The lowest BCUT2D eigenvalue weighted by molar-refractivity contribution is 0.0219. The van der Waals surface area contributed by atoms with Crippen LogP contribution in [0.4, 0.5) is 8.78 Å². The fourth-order valence-corrected chi connectivity index (χ4v) is 5.39. The standard InChI is InChI=1S/C24H34F2N2O4S/c1-17-6-9-22(10-7-17)33(30,31)28(19(3)16-29)13-18(2)24(32-5)15-27(4)14-20-12-21(25)8-11-23(20)26/h6-12,18-19,24,29H,13-16H2,1-5H3/t18-,19-,24-/m0/s1. The summed E-state index contributed by atoms with van der Waals surface area (Å²) in [7, 11) is -0.543. The number of rotatable bonds is 12.